The molecule has 2 saturated heterocycles. The van der Waals surface area contributed by atoms with E-state index in [4.69, 9.17) is 10.2 Å². The first kappa shape index (κ1) is 25.7. The topological polar surface area (TPSA) is 151 Å². The van der Waals surface area contributed by atoms with Gasteiger partial charge in [0.2, 0.25) is 17.7 Å². The quantitative estimate of drug-likeness (QED) is 0.346. The Morgan fingerprint density at radius 3 is 2.58 bits per heavy atom. The van der Waals surface area contributed by atoms with Crippen LogP contribution in [0.25, 0.3) is 17.4 Å². The Morgan fingerprint density at radius 1 is 1.05 bits per heavy atom. The van der Waals surface area contributed by atoms with Gasteiger partial charge >= 0.3 is 0 Å². The number of ketones is 1. The third kappa shape index (κ3) is 5.30. The van der Waals surface area contributed by atoms with Crippen molar-refractivity contribution < 1.29 is 18.4 Å². The molecule has 0 spiro atoms. The van der Waals surface area contributed by atoms with E-state index < -0.39 is 5.82 Å². The molecule has 3 N–H and O–H groups in total. The van der Waals surface area contributed by atoms with E-state index in [1.54, 1.807) is 35.4 Å². The standard InChI is InChI=1S/C26H29FN10O3/c27-19-16-17(23(39)36-8-5-18(38)6-9-36)3-4-20(19)35-13-11-34(12-14-35)10-7-29-25-31-24(28)37-26(32-25)30-22(33-37)21-2-1-15-40-21/h1-4,15-16H,5-14H2,(H3,28,29,30,31,32,33). The largest absolute Gasteiger partial charge is 0.461 e. The van der Waals surface area contributed by atoms with Crippen LogP contribution in [-0.4, -0.2) is 98.4 Å². The van der Waals surface area contributed by atoms with Gasteiger partial charge in [0.15, 0.2) is 5.76 Å². The normalized spacial score (nSPS) is 16.6. The maximum atomic E-state index is 15.0. The SMILES string of the molecule is Nc1nc(NCCN2CCN(c3ccc(C(=O)N4CCC(=O)CC4)cc3F)CC2)nc2nc(-c3ccco3)nn12. The van der Waals surface area contributed by atoms with Gasteiger partial charge in [0.1, 0.15) is 11.6 Å². The average Bonchev–Trinajstić information content (AvgIpc) is 3.64. The third-order valence-electron chi connectivity index (χ3n) is 7.20. The van der Waals surface area contributed by atoms with Crippen molar-refractivity contribution in [2.24, 2.45) is 0 Å². The Hall–Kier alpha value is -4.59. The average molecular weight is 549 g/mol. The zero-order valence-corrected chi connectivity index (χ0v) is 21.8. The summed E-state index contributed by atoms with van der Waals surface area (Å²) in [6.07, 6.45) is 2.26. The molecule has 2 fully saturated rings. The molecule has 6 rings (SSSR count). The molecule has 0 unspecified atom stereocenters. The number of halogens is 1. The molecule has 2 aliphatic rings. The molecular weight excluding hydrogens is 519 g/mol. The second-order valence-electron chi connectivity index (χ2n) is 9.78. The molecule has 2 aliphatic heterocycles. The second-order valence-corrected chi connectivity index (χ2v) is 9.78. The number of carbonyl (C=O) groups excluding carboxylic acids is 2. The number of anilines is 3. The Bertz CT molecular complexity index is 1520. The maximum absolute atomic E-state index is 15.0. The summed E-state index contributed by atoms with van der Waals surface area (Å²) in [5, 5.41) is 7.48. The van der Waals surface area contributed by atoms with Crippen LogP contribution in [0.3, 0.4) is 0 Å². The highest BCUT2D eigenvalue weighted by atomic mass is 19.1. The molecule has 5 heterocycles. The highest BCUT2D eigenvalue weighted by Gasteiger charge is 2.24. The van der Waals surface area contributed by atoms with Crippen LogP contribution in [0.1, 0.15) is 23.2 Å². The fourth-order valence-electron chi connectivity index (χ4n) is 4.97. The molecule has 1 aromatic carbocycles. The molecule has 4 aromatic rings. The van der Waals surface area contributed by atoms with E-state index in [0.29, 0.717) is 80.1 Å². The molecule has 40 heavy (non-hydrogen) atoms. The van der Waals surface area contributed by atoms with E-state index in [0.717, 1.165) is 19.6 Å². The number of piperidine rings is 1. The zero-order valence-electron chi connectivity index (χ0n) is 21.8. The van der Waals surface area contributed by atoms with Crippen LogP contribution in [-0.2, 0) is 4.79 Å². The smallest absolute Gasteiger partial charge is 0.259 e. The number of carbonyl (C=O) groups is 2. The van der Waals surface area contributed by atoms with Crippen LogP contribution in [0.4, 0.5) is 22.0 Å². The predicted octanol–water partition coefficient (Wildman–Crippen LogP) is 1.54. The van der Waals surface area contributed by atoms with Crippen molar-refractivity contribution in [3.05, 3.63) is 48.0 Å². The predicted molar refractivity (Wildman–Crippen MR) is 144 cm³/mol. The summed E-state index contributed by atoms with van der Waals surface area (Å²) in [6.45, 7) is 4.92. The molecule has 0 bridgehead atoms. The number of nitrogens with zero attached hydrogens (tertiary/aromatic N) is 8. The summed E-state index contributed by atoms with van der Waals surface area (Å²) < 4.78 is 21.7. The number of Topliss-reactive ketones (excluding diaryl/α,β-unsaturated/α-hetero) is 1. The molecule has 0 saturated carbocycles. The van der Waals surface area contributed by atoms with Crippen molar-refractivity contribution in [3.63, 3.8) is 0 Å². The number of likely N-dealkylation sites (tertiary alicyclic amines) is 1. The summed E-state index contributed by atoms with van der Waals surface area (Å²) in [6, 6.07) is 8.15. The van der Waals surface area contributed by atoms with Gasteiger partial charge in [0, 0.05) is 70.8 Å². The van der Waals surface area contributed by atoms with Crippen LogP contribution in [0.5, 0.6) is 0 Å². The minimum atomic E-state index is -0.414. The molecule has 14 heteroatoms. The summed E-state index contributed by atoms with van der Waals surface area (Å²) in [5.41, 5.74) is 6.85. The minimum Gasteiger partial charge on any atom is -0.461 e. The molecule has 0 atom stereocenters. The number of piperazine rings is 1. The number of aromatic nitrogens is 5. The monoisotopic (exact) mass is 548 g/mol. The second kappa shape index (κ2) is 10.9. The van der Waals surface area contributed by atoms with E-state index in [1.165, 1.54) is 10.6 Å². The van der Waals surface area contributed by atoms with Crippen molar-refractivity contribution in [1.29, 1.82) is 0 Å². The Balaban J connectivity index is 1.00. The first-order valence-corrected chi connectivity index (χ1v) is 13.2. The number of rotatable bonds is 7. The number of amides is 1. The number of benzene rings is 1. The van der Waals surface area contributed by atoms with Gasteiger partial charge in [-0.3, -0.25) is 14.5 Å². The number of furan rings is 1. The molecular formula is C26H29FN10O3. The number of nitrogen functional groups attached to an aromatic ring is 1. The first-order valence-electron chi connectivity index (χ1n) is 13.2. The summed E-state index contributed by atoms with van der Waals surface area (Å²) >= 11 is 0. The van der Waals surface area contributed by atoms with Crippen molar-refractivity contribution in [3.8, 4) is 11.6 Å². The van der Waals surface area contributed by atoms with E-state index in [9.17, 15) is 9.59 Å². The van der Waals surface area contributed by atoms with Gasteiger partial charge in [-0.25, -0.2) is 4.39 Å². The molecule has 13 nitrogen and oxygen atoms in total. The summed E-state index contributed by atoms with van der Waals surface area (Å²) in [7, 11) is 0. The highest BCUT2D eigenvalue weighted by Crippen LogP contribution is 2.23. The fraction of sp³-hybridized carbons (Fsp3) is 0.385. The van der Waals surface area contributed by atoms with Gasteiger partial charge in [0.25, 0.3) is 11.7 Å². The zero-order chi connectivity index (χ0) is 27.6. The molecule has 0 radical (unpaired) electrons. The lowest BCUT2D eigenvalue weighted by atomic mass is 10.1. The Kier molecular flexibility index (Phi) is 6.99. The third-order valence-corrected chi connectivity index (χ3v) is 7.20. The van der Waals surface area contributed by atoms with E-state index >= 15 is 4.39 Å². The Morgan fingerprint density at radius 2 is 1.85 bits per heavy atom. The van der Waals surface area contributed by atoms with E-state index in [1.807, 2.05) is 4.90 Å². The lowest BCUT2D eigenvalue weighted by Gasteiger charge is -2.36. The fourth-order valence-corrected chi connectivity index (χ4v) is 4.97. The minimum absolute atomic E-state index is 0.159. The van der Waals surface area contributed by atoms with Gasteiger partial charge in [0.05, 0.1) is 12.0 Å². The van der Waals surface area contributed by atoms with Gasteiger partial charge in [-0.05, 0) is 30.3 Å². The van der Waals surface area contributed by atoms with Crippen LogP contribution >= 0.6 is 0 Å². The van der Waals surface area contributed by atoms with Gasteiger partial charge in [-0.2, -0.15) is 19.5 Å². The van der Waals surface area contributed by atoms with Gasteiger partial charge in [-0.15, -0.1) is 5.10 Å². The lowest BCUT2D eigenvalue weighted by Crippen LogP contribution is -2.48. The lowest BCUT2D eigenvalue weighted by molar-refractivity contribution is -0.120. The van der Waals surface area contributed by atoms with Crippen molar-refractivity contribution in [1.82, 2.24) is 34.4 Å². The molecule has 1 amide bonds. The van der Waals surface area contributed by atoms with Crippen LogP contribution < -0.4 is 16.0 Å². The van der Waals surface area contributed by atoms with Gasteiger partial charge in [-0.1, -0.05) is 0 Å². The summed E-state index contributed by atoms with van der Waals surface area (Å²) in [5.74, 6) is 1.23. The number of nitrogens with two attached hydrogens (primary N) is 1. The van der Waals surface area contributed by atoms with Crippen LogP contribution in [0.15, 0.2) is 41.0 Å². The van der Waals surface area contributed by atoms with Crippen LogP contribution in [0.2, 0.25) is 0 Å². The first-order chi connectivity index (χ1) is 19.4. The number of hydrogen-bond acceptors (Lipinski definition) is 11. The number of nitrogens with one attached hydrogen (secondary N) is 1. The van der Waals surface area contributed by atoms with Crippen LogP contribution in [0, 0.1) is 5.82 Å². The number of fused-ring (bicyclic) bond motifs is 1. The molecule has 3 aromatic heterocycles. The Labute approximate surface area is 228 Å². The maximum Gasteiger partial charge on any atom is 0.259 e. The van der Waals surface area contributed by atoms with Crippen molar-refractivity contribution in [2.75, 3.05) is 68.3 Å². The number of hydrogen-bond donors (Lipinski definition) is 2. The summed E-state index contributed by atoms with van der Waals surface area (Å²) in [4.78, 5) is 43.1. The van der Waals surface area contributed by atoms with Crippen molar-refractivity contribution >= 4 is 35.1 Å². The molecule has 0 aliphatic carbocycles. The molecule has 208 valence electrons. The van der Waals surface area contributed by atoms with E-state index in [-0.39, 0.29) is 17.6 Å². The van der Waals surface area contributed by atoms with Gasteiger partial charge < -0.3 is 25.3 Å². The highest BCUT2D eigenvalue weighted by molar-refractivity contribution is 5.95. The van der Waals surface area contributed by atoms with Crippen molar-refractivity contribution in [2.45, 2.75) is 12.8 Å². The van der Waals surface area contributed by atoms with E-state index in [2.05, 4.69) is 30.3 Å².